The van der Waals surface area contributed by atoms with Crippen LogP contribution in [-0.4, -0.2) is 17.9 Å². The monoisotopic (exact) mass is 403 g/mol. The van der Waals surface area contributed by atoms with Crippen LogP contribution in [0.15, 0.2) is 71.9 Å². The van der Waals surface area contributed by atoms with Crippen molar-refractivity contribution in [3.63, 3.8) is 0 Å². The fourth-order valence-corrected chi connectivity index (χ4v) is 2.72. The van der Waals surface area contributed by atoms with Crippen LogP contribution in [0.3, 0.4) is 0 Å². The SMILES string of the molecule is COc1ccc(C(N)=N[C@@H](c2ccc(C(F)(F)F)cc2)c2ncccc2F)cc1. The van der Waals surface area contributed by atoms with E-state index in [1.807, 2.05) is 0 Å². The topological polar surface area (TPSA) is 60.5 Å². The van der Waals surface area contributed by atoms with Gasteiger partial charge < -0.3 is 10.5 Å². The van der Waals surface area contributed by atoms with E-state index in [0.717, 1.165) is 12.1 Å². The molecule has 0 amide bonds. The maximum atomic E-state index is 14.4. The maximum Gasteiger partial charge on any atom is 0.416 e. The largest absolute Gasteiger partial charge is 0.497 e. The van der Waals surface area contributed by atoms with E-state index in [0.29, 0.717) is 16.9 Å². The number of rotatable bonds is 5. The number of aliphatic imine (C=N–C) groups is 1. The molecule has 0 radical (unpaired) electrons. The number of nitrogens with two attached hydrogens (primary N) is 1. The fraction of sp³-hybridized carbons (Fsp3) is 0.143. The molecular weight excluding hydrogens is 386 g/mol. The van der Waals surface area contributed by atoms with Gasteiger partial charge in [0.1, 0.15) is 29.1 Å². The minimum Gasteiger partial charge on any atom is -0.497 e. The first-order chi connectivity index (χ1) is 13.8. The van der Waals surface area contributed by atoms with Crippen molar-refractivity contribution in [3.8, 4) is 5.75 Å². The second-order valence-corrected chi connectivity index (χ2v) is 6.14. The van der Waals surface area contributed by atoms with E-state index >= 15 is 0 Å². The van der Waals surface area contributed by atoms with Crippen LogP contribution in [0.4, 0.5) is 17.6 Å². The lowest BCUT2D eigenvalue weighted by Crippen LogP contribution is -2.17. The zero-order valence-electron chi connectivity index (χ0n) is 15.3. The Morgan fingerprint density at radius 2 is 1.69 bits per heavy atom. The van der Waals surface area contributed by atoms with Crippen LogP contribution in [0.25, 0.3) is 0 Å². The van der Waals surface area contributed by atoms with E-state index in [2.05, 4.69) is 9.98 Å². The second-order valence-electron chi connectivity index (χ2n) is 6.14. The van der Waals surface area contributed by atoms with Crippen LogP contribution in [-0.2, 0) is 6.18 Å². The number of benzene rings is 2. The van der Waals surface area contributed by atoms with Gasteiger partial charge in [-0.3, -0.25) is 9.98 Å². The summed E-state index contributed by atoms with van der Waals surface area (Å²) < 4.78 is 58.1. The third kappa shape index (κ3) is 4.71. The summed E-state index contributed by atoms with van der Waals surface area (Å²) >= 11 is 0. The van der Waals surface area contributed by atoms with Crippen molar-refractivity contribution in [1.82, 2.24) is 4.98 Å². The van der Waals surface area contributed by atoms with Crippen molar-refractivity contribution in [2.45, 2.75) is 12.2 Å². The van der Waals surface area contributed by atoms with Gasteiger partial charge in [-0.1, -0.05) is 12.1 Å². The first-order valence-corrected chi connectivity index (χ1v) is 8.55. The van der Waals surface area contributed by atoms with Crippen molar-refractivity contribution >= 4 is 5.84 Å². The molecule has 0 bridgehead atoms. The van der Waals surface area contributed by atoms with E-state index in [1.54, 1.807) is 24.3 Å². The molecular formula is C21H17F4N3O. The zero-order valence-corrected chi connectivity index (χ0v) is 15.3. The summed E-state index contributed by atoms with van der Waals surface area (Å²) in [4.78, 5) is 8.39. The molecule has 0 saturated carbocycles. The van der Waals surface area contributed by atoms with Crippen molar-refractivity contribution in [3.05, 3.63) is 95.1 Å². The summed E-state index contributed by atoms with van der Waals surface area (Å²) in [6, 6.07) is 12.7. The fourth-order valence-electron chi connectivity index (χ4n) is 2.72. The van der Waals surface area contributed by atoms with Crippen molar-refractivity contribution < 1.29 is 22.3 Å². The molecule has 0 unspecified atom stereocenters. The molecule has 3 rings (SSSR count). The number of amidine groups is 1. The number of aromatic nitrogens is 1. The average Bonchev–Trinajstić information content (AvgIpc) is 2.72. The summed E-state index contributed by atoms with van der Waals surface area (Å²) in [5.41, 5.74) is 6.12. The maximum absolute atomic E-state index is 14.4. The van der Waals surface area contributed by atoms with Gasteiger partial charge in [-0.05, 0) is 54.1 Å². The molecule has 3 aromatic rings. The normalized spacial score (nSPS) is 13.2. The van der Waals surface area contributed by atoms with Gasteiger partial charge in [0.25, 0.3) is 0 Å². The quantitative estimate of drug-likeness (QED) is 0.380. The number of ether oxygens (including phenoxy) is 1. The third-order valence-electron chi connectivity index (χ3n) is 4.25. The summed E-state index contributed by atoms with van der Waals surface area (Å²) in [5, 5.41) is 0. The molecule has 0 aliphatic heterocycles. The van der Waals surface area contributed by atoms with Gasteiger partial charge in [-0.2, -0.15) is 13.2 Å². The third-order valence-corrected chi connectivity index (χ3v) is 4.25. The Kier molecular flexibility index (Phi) is 5.81. The smallest absolute Gasteiger partial charge is 0.416 e. The molecule has 0 fully saturated rings. The first kappa shape index (κ1) is 20.3. The Bertz CT molecular complexity index is 1000. The van der Waals surface area contributed by atoms with E-state index < -0.39 is 23.6 Å². The molecule has 1 aromatic heterocycles. The summed E-state index contributed by atoms with van der Waals surface area (Å²) in [5.74, 6) is 0.0721. The van der Waals surface area contributed by atoms with Crippen LogP contribution in [0.5, 0.6) is 5.75 Å². The van der Waals surface area contributed by atoms with Crippen LogP contribution in [0, 0.1) is 5.82 Å². The molecule has 0 aliphatic carbocycles. The lowest BCUT2D eigenvalue weighted by molar-refractivity contribution is -0.137. The van der Waals surface area contributed by atoms with Crippen molar-refractivity contribution in [1.29, 1.82) is 0 Å². The number of hydrogen-bond donors (Lipinski definition) is 1. The number of pyridine rings is 1. The van der Waals surface area contributed by atoms with E-state index in [9.17, 15) is 17.6 Å². The molecule has 150 valence electrons. The van der Waals surface area contributed by atoms with E-state index in [-0.39, 0.29) is 11.5 Å². The van der Waals surface area contributed by atoms with Gasteiger partial charge >= 0.3 is 6.18 Å². The highest BCUT2D eigenvalue weighted by Crippen LogP contribution is 2.32. The molecule has 8 heteroatoms. The number of methoxy groups -OCH3 is 1. The van der Waals surface area contributed by atoms with Gasteiger partial charge in [-0.25, -0.2) is 4.39 Å². The Morgan fingerprint density at radius 3 is 2.24 bits per heavy atom. The standard InChI is InChI=1S/C21H17F4N3O/c1-29-16-10-6-14(7-11-16)20(26)28-18(19-17(22)3-2-12-27-19)13-4-8-15(9-5-13)21(23,24)25/h2-12,18H,1H3,(H2,26,28)/t18-/m0/s1. The van der Waals surface area contributed by atoms with Gasteiger partial charge in [0.2, 0.25) is 0 Å². The Balaban J connectivity index is 2.05. The lowest BCUT2D eigenvalue weighted by Gasteiger charge is -2.16. The van der Waals surface area contributed by atoms with Gasteiger partial charge in [0.15, 0.2) is 0 Å². The number of nitrogens with zero attached hydrogens (tertiary/aromatic N) is 2. The highest BCUT2D eigenvalue weighted by atomic mass is 19.4. The molecule has 0 spiro atoms. The van der Waals surface area contributed by atoms with Gasteiger partial charge in [0.05, 0.1) is 12.7 Å². The Hall–Kier alpha value is -3.42. The second kappa shape index (κ2) is 8.30. The summed E-state index contributed by atoms with van der Waals surface area (Å²) in [6.07, 6.45) is -3.09. The molecule has 0 saturated heterocycles. The van der Waals surface area contributed by atoms with Crippen LogP contribution < -0.4 is 10.5 Å². The van der Waals surface area contributed by atoms with Crippen molar-refractivity contribution in [2.75, 3.05) is 7.11 Å². The van der Waals surface area contributed by atoms with Crippen LogP contribution in [0.2, 0.25) is 0 Å². The predicted octanol–water partition coefficient (Wildman–Crippen LogP) is 4.74. The molecule has 2 N–H and O–H groups in total. The molecule has 1 atom stereocenters. The van der Waals surface area contributed by atoms with Crippen LogP contribution >= 0.6 is 0 Å². The average molecular weight is 403 g/mol. The molecule has 4 nitrogen and oxygen atoms in total. The summed E-state index contributed by atoms with van der Waals surface area (Å²) in [7, 11) is 1.52. The highest BCUT2D eigenvalue weighted by molar-refractivity contribution is 5.97. The molecule has 0 aliphatic rings. The minimum absolute atomic E-state index is 0.0382. The lowest BCUT2D eigenvalue weighted by atomic mass is 10.0. The molecule has 1 heterocycles. The van der Waals surface area contributed by atoms with E-state index in [4.69, 9.17) is 10.5 Å². The van der Waals surface area contributed by atoms with E-state index in [1.165, 1.54) is 37.6 Å². The Morgan fingerprint density at radius 1 is 1.03 bits per heavy atom. The number of alkyl halides is 3. The Labute approximate surface area is 164 Å². The van der Waals surface area contributed by atoms with Crippen LogP contribution in [0.1, 0.15) is 28.4 Å². The first-order valence-electron chi connectivity index (χ1n) is 8.55. The molecule has 29 heavy (non-hydrogen) atoms. The molecule has 2 aromatic carbocycles. The zero-order chi connectivity index (χ0) is 21.0. The van der Waals surface area contributed by atoms with Gasteiger partial charge in [-0.15, -0.1) is 0 Å². The summed E-state index contributed by atoms with van der Waals surface area (Å²) in [6.45, 7) is 0. The predicted molar refractivity (Wildman–Crippen MR) is 101 cm³/mol. The van der Waals surface area contributed by atoms with Gasteiger partial charge in [0, 0.05) is 11.8 Å². The highest BCUT2D eigenvalue weighted by Gasteiger charge is 2.30. The number of halogens is 4. The van der Waals surface area contributed by atoms with Crippen molar-refractivity contribution in [2.24, 2.45) is 10.7 Å². The number of hydrogen-bond acceptors (Lipinski definition) is 3. The minimum atomic E-state index is -4.48.